The van der Waals surface area contributed by atoms with E-state index in [4.69, 9.17) is 0 Å². The first-order valence-electron chi connectivity index (χ1n) is 7.65. The van der Waals surface area contributed by atoms with E-state index in [0.29, 0.717) is 0 Å². The van der Waals surface area contributed by atoms with E-state index in [0.717, 1.165) is 11.8 Å². The molecule has 2 saturated carbocycles. The zero-order valence-corrected chi connectivity index (χ0v) is 11.5. The van der Waals surface area contributed by atoms with Crippen molar-refractivity contribution in [2.24, 2.45) is 11.8 Å². The van der Waals surface area contributed by atoms with Gasteiger partial charge in [0.15, 0.2) is 0 Å². The zero-order chi connectivity index (χ0) is 12.1. The Morgan fingerprint density at radius 1 is 1.00 bits per heavy atom. The van der Waals surface area contributed by atoms with Crippen LogP contribution < -0.4 is 0 Å². The van der Waals surface area contributed by atoms with E-state index >= 15 is 0 Å². The van der Waals surface area contributed by atoms with Crippen LogP contribution >= 0.6 is 0 Å². The second-order valence-corrected chi connectivity index (χ2v) is 6.01. The molecule has 0 N–H and O–H groups in total. The second kappa shape index (κ2) is 6.42. The first-order valence-corrected chi connectivity index (χ1v) is 7.65. The summed E-state index contributed by atoms with van der Waals surface area (Å²) in [7, 11) is 0. The molecule has 0 heterocycles. The lowest BCUT2D eigenvalue weighted by Crippen LogP contribution is -2.12. The highest BCUT2D eigenvalue weighted by atomic mass is 14.3. The van der Waals surface area contributed by atoms with Crippen molar-refractivity contribution in [1.29, 1.82) is 0 Å². The molecule has 96 valence electrons. The zero-order valence-electron chi connectivity index (χ0n) is 11.5. The van der Waals surface area contributed by atoms with Crippen LogP contribution in [0.2, 0.25) is 0 Å². The topological polar surface area (TPSA) is 0 Å². The van der Waals surface area contributed by atoms with Gasteiger partial charge in [0.25, 0.3) is 0 Å². The van der Waals surface area contributed by atoms with E-state index in [-0.39, 0.29) is 0 Å². The standard InChI is InChI=1S/C17H28/c1-3-5-15-8-12-17(13-9-15)16-10-6-14(4-2)7-11-16/h4,14-15H,2-3,5-13H2,1H3. The monoisotopic (exact) mass is 232 g/mol. The van der Waals surface area contributed by atoms with Gasteiger partial charge in [0.2, 0.25) is 0 Å². The summed E-state index contributed by atoms with van der Waals surface area (Å²) >= 11 is 0. The maximum atomic E-state index is 3.94. The molecular weight excluding hydrogens is 204 g/mol. The molecular formula is C17H28. The number of rotatable bonds is 3. The first kappa shape index (κ1) is 12.9. The minimum absolute atomic E-state index is 0.802. The van der Waals surface area contributed by atoms with Gasteiger partial charge in [-0.3, -0.25) is 0 Å². The van der Waals surface area contributed by atoms with E-state index in [9.17, 15) is 0 Å². The summed E-state index contributed by atoms with van der Waals surface area (Å²) in [6.45, 7) is 6.26. The second-order valence-electron chi connectivity index (χ2n) is 6.01. The predicted molar refractivity (Wildman–Crippen MR) is 76.0 cm³/mol. The molecule has 2 fully saturated rings. The third kappa shape index (κ3) is 3.47. The van der Waals surface area contributed by atoms with Gasteiger partial charge in [-0.15, -0.1) is 6.58 Å². The van der Waals surface area contributed by atoms with Gasteiger partial charge >= 0.3 is 0 Å². The summed E-state index contributed by atoms with van der Waals surface area (Å²) in [6, 6.07) is 0. The highest BCUT2D eigenvalue weighted by Crippen LogP contribution is 2.38. The summed E-state index contributed by atoms with van der Waals surface area (Å²) in [6.07, 6.45) is 16.2. The summed E-state index contributed by atoms with van der Waals surface area (Å²) in [4.78, 5) is 0. The fourth-order valence-corrected chi connectivity index (χ4v) is 3.65. The van der Waals surface area contributed by atoms with Crippen LogP contribution in [0.1, 0.15) is 71.1 Å². The molecule has 0 saturated heterocycles. The van der Waals surface area contributed by atoms with Gasteiger partial charge in [0, 0.05) is 0 Å². The van der Waals surface area contributed by atoms with Crippen molar-refractivity contribution in [2.45, 2.75) is 71.1 Å². The van der Waals surface area contributed by atoms with Gasteiger partial charge in [-0.05, 0) is 63.2 Å². The van der Waals surface area contributed by atoms with E-state index < -0.39 is 0 Å². The van der Waals surface area contributed by atoms with Crippen molar-refractivity contribution in [3.63, 3.8) is 0 Å². The summed E-state index contributed by atoms with van der Waals surface area (Å²) in [5, 5.41) is 0. The Bertz CT molecular complexity index is 264. The average Bonchev–Trinajstić information content (AvgIpc) is 2.40. The minimum atomic E-state index is 0.802. The maximum Gasteiger partial charge on any atom is -0.0230 e. The summed E-state index contributed by atoms with van der Waals surface area (Å²) in [5.74, 6) is 1.84. The molecule has 0 bridgehead atoms. The molecule has 2 rings (SSSR count). The predicted octanol–water partition coefficient (Wildman–Crippen LogP) is 5.65. The lowest BCUT2D eigenvalue weighted by molar-refractivity contribution is 0.373. The number of hydrogen-bond acceptors (Lipinski definition) is 0. The van der Waals surface area contributed by atoms with Crippen LogP contribution in [0.3, 0.4) is 0 Å². The molecule has 0 unspecified atom stereocenters. The van der Waals surface area contributed by atoms with E-state index in [1.807, 2.05) is 11.1 Å². The van der Waals surface area contributed by atoms with Gasteiger partial charge in [0.1, 0.15) is 0 Å². The van der Waals surface area contributed by atoms with Gasteiger partial charge < -0.3 is 0 Å². The Morgan fingerprint density at radius 3 is 2.00 bits per heavy atom. The molecule has 0 radical (unpaired) electrons. The molecule has 0 amide bonds. The summed E-state index contributed by atoms with van der Waals surface area (Å²) in [5.41, 5.74) is 3.68. The highest BCUT2D eigenvalue weighted by molar-refractivity contribution is 5.18. The van der Waals surface area contributed by atoms with E-state index in [2.05, 4.69) is 19.6 Å². The minimum Gasteiger partial charge on any atom is -0.103 e. The third-order valence-electron chi connectivity index (χ3n) is 4.87. The molecule has 0 aliphatic heterocycles. The van der Waals surface area contributed by atoms with Crippen LogP contribution in [0.4, 0.5) is 0 Å². The van der Waals surface area contributed by atoms with Gasteiger partial charge in [-0.25, -0.2) is 0 Å². The van der Waals surface area contributed by atoms with Gasteiger partial charge in [0.05, 0.1) is 0 Å². The van der Waals surface area contributed by atoms with Gasteiger partial charge in [-0.2, -0.15) is 0 Å². The Labute approximate surface area is 107 Å². The Balaban J connectivity index is 1.85. The Hall–Kier alpha value is -0.520. The van der Waals surface area contributed by atoms with Crippen LogP contribution in [0, 0.1) is 11.8 Å². The summed E-state index contributed by atoms with van der Waals surface area (Å²) < 4.78 is 0. The van der Waals surface area contributed by atoms with Crippen molar-refractivity contribution in [3.05, 3.63) is 23.8 Å². The first-order chi connectivity index (χ1) is 8.33. The van der Waals surface area contributed by atoms with E-state index in [1.165, 1.54) is 64.2 Å². The van der Waals surface area contributed by atoms with E-state index in [1.54, 1.807) is 0 Å². The van der Waals surface area contributed by atoms with Crippen LogP contribution in [-0.4, -0.2) is 0 Å². The van der Waals surface area contributed by atoms with Crippen LogP contribution in [0.15, 0.2) is 23.8 Å². The smallest absolute Gasteiger partial charge is 0.0230 e. The van der Waals surface area contributed by atoms with Crippen LogP contribution in [0.5, 0.6) is 0 Å². The molecule has 0 heteroatoms. The molecule has 0 atom stereocenters. The fourth-order valence-electron chi connectivity index (χ4n) is 3.65. The largest absolute Gasteiger partial charge is 0.103 e. The van der Waals surface area contributed by atoms with Crippen molar-refractivity contribution in [2.75, 3.05) is 0 Å². The lowest BCUT2D eigenvalue weighted by Gasteiger charge is -2.29. The highest BCUT2D eigenvalue weighted by Gasteiger charge is 2.21. The van der Waals surface area contributed by atoms with Crippen molar-refractivity contribution in [3.8, 4) is 0 Å². The molecule has 0 aromatic carbocycles. The third-order valence-corrected chi connectivity index (χ3v) is 4.87. The molecule has 0 aromatic heterocycles. The fraction of sp³-hybridized carbons (Fsp3) is 0.765. The average molecular weight is 232 g/mol. The SMILES string of the molecule is C=CC1CCC(=C2CCC(CCC)CC2)CC1. The maximum absolute atomic E-state index is 3.94. The molecule has 0 nitrogen and oxygen atoms in total. The Kier molecular flexibility index (Phi) is 4.88. The van der Waals surface area contributed by atoms with Crippen LogP contribution in [0.25, 0.3) is 0 Å². The molecule has 0 aromatic rings. The van der Waals surface area contributed by atoms with Crippen molar-refractivity contribution < 1.29 is 0 Å². The number of hydrogen-bond donors (Lipinski definition) is 0. The molecule has 0 spiro atoms. The molecule has 2 aliphatic rings. The van der Waals surface area contributed by atoms with Crippen molar-refractivity contribution in [1.82, 2.24) is 0 Å². The molecule has 17 heavy (non-hydrogen) atoms. The number of allylic oxidation sites excluding steroid dienone is 3. The van der Waals surface area contributed by atoms with Gasteiger partial charge in [-0.1, -0.05) is 37.0 Å². The normalized spacial score (nSPS) is 30.4. The lowest BCUT2D eigenvalue weighted by atomic mass is 9.77. The Morgan fingerprint density at radius 2 is 1.53 bits per heavy atom. The van der Waals surface area contributed by atoms with Crippen molar-refractivity contribution >= 4 is 0 Å². The molecule has 2 aliphatic carbocycles. The van der Waals surface area contributed by atoms with Crippen LogP contribution in [-0.2, 0) is 0 Å². The quantitative estimate of drug-likeness (QED) is 0.552.